The molecule has 308 valence electrons. The van der Waals surface area contributed by atoms with Crippen LogP contribution >= 0.6 is 11.6 Å². The van der Waals surface area contributed by atoms with Crippen molar-refractivity contribution < 1.29 is 29.6 Å². The van der Waals surface area contributed by atoms with Crippen molar-refractivity contribution in [3.63, 3.8) is 0 Å². The fraction of sp³-hybridized carbons (Fsp3) is 0.348. The second-order valence-corrected chi connectivity index (χ2v) is 15.5. The number of unbranched alkanes of at least 4 members (excludes halogenated alkanes) is 1. The van der Waals surface area contributed by atoms with Crippen molar-refractivity contribution >= 4 is 40.5 Å². The Morgan fingerprint density at radius 3 is 2.59 bits per heavy atom. The zero-order valence-corrected chi connectivity index (χ0v) is 34.1. The predicted octanol–water partition coefficient (Wildman–Crippen LogP) is 6.42. The molecule has 2 amide bonds. The number of carbonyl (C=O) groups is 2. The molecule has 0 saturated carbocycles. The molecule has 2 unspecified atom stereocenters. The first-order chi connectivity index (χ1) is 28.7. The number of ether oxygens (including phenoxy) is 1. The molecular weight excluding hydrogens is 768 g/mol. The highest BCUT2D eigenvalue weighted by atomic mass is 35.5. The lowest BCUT2D eigenvalue weighted by Gasteiger charge is -2.35. The molecule has 1 aromatic heterocycles. The number of benzene rings is 4. The van der Waals surface area contributed by atoms with Gasteiger partial charge in [-0.25, -0.2) is 0 Å². The Balaban J connectivity index is 1.09. The summed E-state index contributed by atoms with van der Waals surface area (Å²) in [5, 5.41) is 44.0. The molecule has 0 aliphatic carbocycles. The van der Waals surface area contributed by atoms with E-state index in [-0.39, 0.29) is 31.6 Å². The number of fused-ring (bicyclic) bond motifs is 2. The molecule has 7 rings (SSSR count). The maximum atomic E-state index is 14.4. The number of hydrogen-bond donors (Lipinski definition) is 4. The number of nitrogens with one attached hydrogen (secondary N) is 1. The first-order valence-corrected chi connectivity index (χ1v) is 20.6. The SMILES string of the molecule is CCOc1ccc2c(c1)CC(NCCCCO)C(=O)N2c1cccc(CN2C(=O)[C@@](O)([C@@H](C)/C=C/CCn3cc(C(CO)c4ccccc4)nn3)c3cc(Cl)ccc32)c1. The number of aromatic nitrogens is 3. The molecule has 0 saturated heterocycles. The summed E-state index contributed by atoms with van der Waals surface area (Å²) in [6.07, 6.45) is 8.05. The maximum Gasteiger partial charge on any atom is 0.264 e. The van der Waals surface area contributed by atoms with Gasteiger partial charge in [0.1, 0.15) is 5.75 Å². The van der Waals surface area contributed by atoms with E-state index in [4.69, 9.17) is 16.3 Å². The minimum atomic E-state index is -1.88. The van der Waals surface area contributed by atoms with Crippen LogP contribution in [0, 0.1) is 5.92 Å². The Bertz CT molecular complexity index is 2280. The summed E-state index contributed by atoms with van der Waals surface area (Å²) in [7, 11) is 0. The largest absolute Gasteiger partial charge is 0.494 e. The van der Waals surface area contributed by atoms with Crippen molar-refractivity contribution in [2.45, 2.75) is 70.2 Å². The van der Waals surface area contributed by atoms with Crippen LogP contribution in [0.25, 0.3) is 0 Å². The third kappa shape index (κ3) is 8.83. The minimum absolute atomic E-state index is 0.0885. The number of amides is 2. The van der Waals surface area contributed by atoms with Crippen molar-refractivity contribution in [3.05, 3.63) is 142 Å². The van der Waals surface area contributed by atoms with Gasteiger partial charge in [-0.2, -0.15) is 0 Å². The Kier molecular flexibility index (Phi) is 13.2. The number of anilines is 3. The molecule has 0 fully saturated rings. The molecule has 59 heavy (non-hydrogen) atoms. The molecule has 13 heteroatoms. The van der Waals surface area contributed by atoms with Gasteiger partial charge in [-0.3, -0.25) is 19.2 Å². The number of nitrogens with zero attached hydrogens (tertiary/aromatic N) is 5. The van der Waals surface area contributed by atoms with Crippen molar-refractivity contribution in [2.24, 2.45) is 5.92 Å². The van der Waals surface area contributed by atoms with Crippen LogP contribution in [0.15, 0.2) is 109 Å². The molecule has 4 atom stereocenters. The average molecular weight is 819 g/mol. The molecule has 0 spiro atoms. The average Bonchev–Trinajstić information content (AvgIpc) is 3.79. The summed E-state index contributed by atoms with van der Waals surface area (Å²) < 4.78 is 7.52. The molecule has 2 aliphatic heterocycles. The van der Waals surface area contributed by atoms with E-state index in [1.165, 1.54) is 0 Å². The second-order valence-electron chi connectivity index (χ2n) is 15.1. The standard InChI is InChI=1S/C46H51ClN6O6/c1-3-59-37-18-20-42-34(25-37)26-40(48-21-8-10-23-54)44(56)53(42)36-16-11-13-32(24-36)28-52-43-19-17-35(47)27-39(43)46(58,45(52)57)31(2)12-7-9-22-51-29-41(49-50-51)38(30-55)33-14-5-4-6-15-33/h4-7,11-20,24-25,27,29,31,38,40,48,54-55,58H,3,8-10,21-23,26,28,30H2,1-2H3/b12-7+/t31-,38?,40?,46+/m0/s1. The van der Waals surface area contributed by atoms with E-state index in [1.54, 1.807) is 32.7 Å². The molecule has 2 aliphatic rings. The van der Waals surface area contributed by atoms with Crippen molar-refractivity contribution in [2.75, 3.05) is 36.2 Å². The third-order valence-electron chi connectivity index (χ3n) is 11.2. The van der Waals surface area contributed by atoms with Crippen LogP contribution in [-0.4, -0.2) is 74.5 Å². The smallest absolute Gasteiger partial charge is 0.264 e. The van der Waals surface area contributed by atoms with E-state index in [0.717, 1.165) is 34.5 Å². The summed E-state index contributed by atoms with van der Waals surface area (Å²) in [6.45, 7) is 5.52. The van der Waals surface area contributed by atoms with Crippen LogP contribution in [0.1, 0.15) is 67.0 Å². The molecule has 4 N–H and O–H groups in total. The van der Waals surface area contributed by atoms with Crippen molar-refractivity contribution in [1.82, 2.24) is 20.3 Å². The third-order valence-corrected chi connectivity index (χ3v) is 11.4. The molecule has 12 nitrogen and oxygen atoms in total. The van der Waals surface area contributed by atoms with Gasteiger partial charge in [0, 0.05) is 41.5 Å². The van der Waals surface area contributed by atoms with Gasteiger partial charge in [-0.1, -0.05) is 78.4 Å². The van der Waals surface area contributed by atoms with Crippen LogP contribution in [-0.2, 0) is 34.7 Å². The maximum absolute atomic E-state index is 14.4. The number of aliphatic hydroxyl groups is 3. The number of hydrogen-bond acceptors (Lipinski definition) is 9. The van der Waals surface area contributed by atoms with Gasteiger partial charge in [0.2, 0.25) is 5.91 Å². The summed E-state index contributed by atoms with van der Waals surface area (Å²) >= 11 is 6.48. The molecule has 0 bridgehead atoms. The van der Waals surface area contributed by atoms with Gasteiger partial charge in [0.25, 0.3) is 5.91 Å². The lowest BCUT2D eigenvalue weighted by atomic mass is 9.83. The van der Waals surface area contributed by atoms with Crippen LogP contribution in [0.3, 0.4) is 0 Å². The topological polar surface area (TPSA) is 153 Å². The number of rotatable bonds is 18. The summed E-state index contributed by atoms with van der Waals surface area (Å²) in [5.74, 6) is -0.722. The van der Waals surface area contributed by atoms with Gasteiger partial charge in [0.15, 0.2) is 5.60 Å². The number of halogens is 1. The monoisotopic (exact) mass is 818 g/mol. The van der Waals surface area contributed by atoms with Gasteiger partial charge in [0.05, 0.1) is 48.8 Å². The van der Waals surface area contributed by atoms with Crippen molar-refractivity contribution in [1.29, 1.82) is 0 Å². The summed E-state index contributed by atoms with van der Waals surface area (Å²) in [6, 6.07) is 27.7. The molecular formula is C46H51ClN6O6. The van der Waals surface area contributed by atoms with E-state index in [0.29, 0.717) is 66.6 Å². The van der Waals surface area contributed by atoms with Gasteiger partial charge >= 0.3 is 0 Å². The minimum Gasteiger partial charge on any atom is -0.494 e. The van der Waals surface area contributed by atoms with E-state index < -0.39 is 23.5 Å². The number of aryl methyl sites for hydroxylation is 1. The lowest BCUT2D eigenvalue weighted by Crippen LogP contribution is -2.49. The zero-order valence-electron chi connectivity index (χ0n) is 33.4. The molecule has 3 heterocycles. The van der Waals surface area contributed by atoms with Gasteiger partial charge < -0.3 is 30.3 Å². The molecule has 4 aromatic carbocycles. The van der Waals surface area contributed by atoms with Crippen molar-refractivity contribution in [3.8, 4) is 5.75 Å². The molecule has 5 aromatic rings. The first-order valence-electron chi connectivity index (χ1n) is 20.3. The Hall–Kier alpha value is -5.37. The predicted molar refractivity (Wildman–Crippen MR) is 228 cm³/mol. The van der Waals surface area contributed by atoms with Crippen LogP contribution in [0.5, 0.6) is 5.75 Å². The van der Waals surface area contributed by atoms with Crippen LogP contribution in [0.4, 0.5) is 17.1 Å². The number of aliphatic hydroxyl groups excluding tert-OH is 2. The highest BCUT2D eigenvalue weighted by molar-refractivity contribution is 6.31. The lowest BCUT2D eigenvalue weighted by molar-refractivity contribution is -0.139. The number of allylic oxidation sites excluding steroid dienone is 1. The van der Waals surface area contributed by atoms with Crippen LogP contribution in [0.2, 0.25) is 5.02 Å². The highest BCUT2D eigenvalue weighted by Gasteiger charge is 2.52. The van der Waals surface area contributed by atoms with Gasteiger partial charge in [-0.15, -0.1) is 5.10 Å². The quantitative estimate of drug-likeness (QED) is 0.0580. The Morgan fingerprint density at radius 2 is 1.81 bits per heavy atom. The summed E-state index contributed by atoms with van der Waals surface area (Å²) in [5.41, 5.74) is 3.91. The Labute approximate surface area is 349 Å². The normalized spacial score (nSPS) is 18.6. The van der Waals surface area contributed by atoms with Gasteiger partial charge in [-0.05, 0) is 104 Å². The number of carbonyl (C=O) groups excluding carboxylic acids is 2. The van der Waals surface area contributed by atoms with Crippen LogP contribution < -0.4 is 19.9 Å². The van der Waals surface area contributed by atoms with E-state index >= 15 is 0 Å². The highest BCUT2D eigenvalue weighted by Crippen LogP contribution is 2.47. The molecule has 0 radical (unpaired) electrons. The fourth-order valence-corrected chi connectivity index (χ4v) is 8.23. The second kappa shape index (κ2) is 18.7. The van der Waals surface area contributed by atoms with E-state index in [9.17, 15) is 24.9 Å². The fourth-order valence-electron chi connectivity index (χ4n) is 8.06. The van der Waals surface area contributed by atoms with E-state index in [1.807, 2.05) is 105 Å². The first kappa shape index (κ1) is 41.8. The van der Waals surface area contributed by atoms with E-state index in [2.05, 4.69) is 15.6 Å². The summed E-state index contributed by atoms with van der Waals surface area (Å²) in [4.78, 5) is 31.9. The Morgan fingerprint density at radius 1 is 1.00 bits per heavy atom. The zero-order chi connectivity index (χ0) is 41.5.